The molecule has 15 heavy (non-hydrogen) atoms. The first kappa shape index (κ1) is 10.7. The number of rotatable bonds is 0. The predicted molar refractivity (Wildman–Crippen MR) is 47.2 cm³/mol. The van der Waals surface area contributed by atoms with Gasteiger partial charge in [-0.2, -0.15) is 10.1 Å². The Morgan fingerprint density at radius 3 is 2.67 bits per heavy atom. The lowest BCUT2D eigenvalue weighted by molar-refractivity contribution is -0.134. The Labute approximate surface area is 83.4 Å². The number of nitrogens with zero attached hydrogens (tertiary/aromatic N) is 3. The van der Waals surface area contributed by atoms with Gasteiger partial charge in [-0.05, 0) is 0 Å². The highest BCUT2D eigenvalue weighted by atomic mass is 16.4. The van der Waals surface area contributed by atoms with Crippen LogP contribution in [0.4, 0.5) is 4.79 Å². The molecule has 2 heterocycles. The van der Waals surface area contributed by atoms with Crippen molar-refractivity contribution < 1.29 is 19.5 Å². The highest BCUT2D eigenvalue weighted by Crippen LogP contribution is 2.12. The monoisotopic (exact) mass is 210 g/mol. The van der Waals surface area contributed by atoms with E-state index in [1.54, 1.807) is 0 Å². The summed E-state index contributed by atoms with van der Waals surface area (Å²) >= 11 is 0. The van der Waals surface area contributed by atoms with E-state index < -0.39 is 17.9 Å². The molecule has 0 aromatic carbocycles. The average molecular weight is 210 g/mol. The van der Waals surface area contributed by atoms with E-state index in [4.69, 9.17) is 9.90 Å². The number of azo groups is 1. The fourth-order valence-corrected chi connectivity index (χ4v) is 0.784. The highest BCUT2D eigenvalue weighted by molar-refractivity contribution is 6.29. The summed E-state index contributed by atoms with van der Waals surface area (Å²) < 4.78 is 0. The molecule has 0 aromatic rings. The van der Waals surface area contributed by atoms with E-state index in [1.165, 1.54) is 6.20 Å². The van der Waals surface area contributed by atoms with Gasteiger partial charge >= 0.3 is 6.03 Å². The largest absolute Gasteiger partial charge is 0.481 e. The van der Waals surface area contributed by atoms with Gasteiger partial charge in [-0.15, -0.1) is 5.11 Å². The molecule has 0 fully saturated rings. The number of urea groups is 1. The van der Waals surface area contributed by atoms with Gasteiger partial charge in [-0.1, -0.05) is 0 Å². The lowest BCUT2D eigenvalue weighted by Crippen LogP contribution is -2.35. The second-order valence-corrected chi connectivity index (χ2v) is 2.47. The summed E-state index contributed by atoms with van der Waals surface area (Å²) in [7, 11) is 0. The van der Waals surface area contributed by atoms with Crippen LogP contribution in [0.5, 0.6) is 0 Å². The van der Waals surface area contributed by atoms with Crippen molar-refractivity contribution in [3.05, 3.63) is 11.8 Å². The van der Waals surface area contributed by atoms with Gasteiger partial charge in [0.25, 0.3) is 11.9 Å². The molecule has 0 saturated heterocycles. The van der Waals surface area contributed by atoms with Crippen LogP contribution in [0, 0.1) is 0 Å². The predicted octanol–water partition coefficient (Wildman–Crippen LogP) is 0.0753. The van der Waals surface area contributed by atoms with Crippen molar-refractivity contribution in [2.75, 3.05) is 0 Å². The first-order valence-electron chi connectivity index (χ1n) is 3.75. The minimum atomic E-state index is -0.833. The number of carboxylic acid groups (broad SMARTS) is 1. The van der Waals surface area contributed by atoms with Crippen LogP contribution >= 0.6 is 0 Å². The molecule has 3 amide bonds. The summed E-state index contributed by atoms with van der Waals surface area (Å²) in [6, 6.07) is -0.692. The molecule has 0 unspecified atom stereocenters. The molecule has 0 saturated carbocycles. The lowest BCUT2D eigenvalue weighted by Gasteiger charge is -2.05. The number of aliphatic carboxylic acids is 1. The molecule has 2 aliphatic heterocycles. The molecule has 0 aliphatic carbocycles. The number of amides is 3. The standard InChI is InChI=1S/C5H2N4O2.C2H4O2/c10-4-2-1-6-9-3(2)7-5(11)8-4;1-2(3)4/h1H,(H,8,10,11);1H3,(H,3,4). The van der Waals surface area contributed by atoms with Crippen LogP contribution in [-0.4, -0.2) is 28.8 Å². The van der Waals surface area contributed by atoms with E-state index in [-0.39, 0.29) is 11.4 Å². The molecule has 78 valence electrons. The quantitative estimate of drug-likeness (QED) is 0.587. The van der Waals surface area contributed by atoms with Crippen molar-refractivity contribution in [2.45, 2.75) is 6.92 Å². The second kappa shape index (κ2) is 4.22. The number of imide groups is 1. The van der Waals surface area contributed by atoms with Gasteiger partial charge in [0.1, 0.15) is 5.57 Å². The van der Waals surface area contributed by atoms with E-state index in [2.05, 4.69) is 15.2 Å². The number of hydrogen-bond acceptors (Lipinski definition) is 5. The Balaban J connectivity index is 0.000000245. The van der Waals surface area contributed by atoms with Crippen molar-refractivity contribution in [1.29, 1.82) is 0 Å². The zero-order chi connectivity index (χ0) is 11.4. The number of amidine groups is 1. The van der Waals surface area contributed by atoms with Crippen LogP contribution < -0.4 is 5.32 Å². The van der Waals surface area contributed by atoms with Crippen LogP contribution in [0.3, 0.4) is 0 Å². The van der Waals surface area contributed by atoms with Gasteiger partial charge in [-0.3, -0.25) is 14.9 Å². The molecule has 0 radical (unpaired) electrons. The molecule has 8 nitrogen and oxygen atoms in total. The molecule has 2 N–H and O–H groups in total. The van der Waals surface area contributed by atoms with Gasteiger partial charge < -0.3 is 5.11 Å². The third-order valence-electron chi connectivity index (χ3n) is 1.25. The number of fused-ring (bicyclic) bond motifs is 1. The summed E-state index contributed by atoms with van der Waals surface area (Å²) in [5.41, 5.74) is 0.240. The SMILES string of the molecule is CC(=O)O.O=C1N=C2N=NC=C2C(=O)N1. The number of hydrogen-bond donors (Lipinski definition) is 2. The number of carboxylic acids is 1. The molecule has 0 aromatic heterocycles. The Hall–Kier alpha value is -2.38. The Bertz CT molecular complexity index is 417. The van der Waals surface area contributed by atoms with Crippen LogP contribution in [0.25, 0.3) is 0 Å². The highest BCUT2D eigenvalue weighted by Gasteiger charge is 2.26. The number of nitrogens with one attached hydrogen (secondary N) is 1. The number of carbonyl (C=O) groups is 3. The molecule has 0 spiro atoms. The minimum Gasteiger partial charge on any atom is -0.481 e. The van der Waals surface area contributed by atoms with Crippen molar-refractivity contribution >= 4 is 23.7 Å². The first-order chi connectivity index (χ1) is 7.00. The Morgan fingerprint density at radius 2 is 2.07 bits per heavy atom. The molecule has 8 heteroatoms. The van der Waals surface area contributed by atoms with Gasteiger partial charge in [-0.25, -0.2) is 4.79 Å². The summed E-state index contributed by atoms with van der Waals surface area (Å²) in [6.45, 7) is 1.08. The summed E-state index contributed by atoms with van der Waals surface area (Å²) in [5, 5.41) is 16.3. The van der Waals surface area contributed by atoms with Crippen molar-refractivity contribution in [3.8, 4) is 0 Å². The van der Waals surface area contributed by atoms with Crippen LogP contribution in [0.1, 0.15) is 6.92 Å². The summed E-state index contributed by atoms with van der Waals surface area (Å²) in [5.74, 6) is -1.23. The molecule has 2 aliphatic rings. The van der Waals surface area contributed by atoms with Crippen LogP contribution in [0.2, 0.25) is 0 Å². The van der Waals surface area contributed by atoms with Gasteiger partial charge in [0.05, 0.1) is 6.20 Å². The minimum absolute atomic E-state index is 0.0961. The lowest BCUT2D eigenvalue weighted by atomic mass is 10.2. The first-order valence-corrected chi connectivity index (χ1v) is 3.75. The summed E-state index contributed by atoms with van der Waals surface area (Å²) in [6.07, 6.45) is 1.26. The smallest absolute Gasteiger partial charge is 0.349 e. The summed E-state index contributed by atoms with van der Waals surface area (Å²) in [4.78, 5) is 33.9. The van der Waals surface area contributed by atoms with Gasteiger partial charge in [0.2, 0.25) is 0 Å². The van der Waals surface area contributed by atoms with Gasteiger partial charge in [0, 0.05) is 6.92 Å². The molecule has 2 rings (SSSR count). The van der Waals surface area contributed by atoms with E-state index in [1.807, 2.05) is 5.32 Å². The van der Waals surface area contributed by atoms with E-state index >= 15 is 0 Å². The fraction of sp³-hybridized carbons (Fsp3) is 0.143. The van der Waals surface area contributed by atoms with Crippen molar-refractivity contribution in [2.24, 2.45) is 15.2 Å². The normalized spacial score (nSPS) is 16.9. The zero-order valence-electron chi connectivity index (χ0n) is 7.59. The van der Waals surface area contributed by atoms with E-state index in [9.17, 15) is 9.59 Å². The van der Waals surface area contributed by atoms with Crippen LogP contribution in [0.15, 0.2) is 27.0 Å². The molecular formula is C7H6N4O4. The molecule has 0 bridgehead atoms. The average Bonchev–Trinajstić information content (AvgIpc) is 2.50. The Morgan fingerprint density at radius 1 is 1.47 bits per heavy atom. The maximum Gasteiger partial charge on any atom is 0.349 e. The third kappa shape index (κ3) is 2.79. The van der Waals surface area contributed by atoms with Crippen molar-refractivity contribution in [1.82, 2.24) is 5.32 Å². The zero-order valence-corrected chi connectivity index (χ0v) is 7.59. The molecule has 0 atom stereocenters. The molecular weight excluding hydrogens is 204 g/mol. The Kier molecular flexibility index (Phi) is 3.01. The third-order valence-corrected chi connectivity index (χ3v) is 1.25. The maximum atomic E-state index is 10.9. The van der Waals surface area contributed by atoms with Crippen molar-refractivity contribution in [3.63, 3.8) is 0 Å². The van der Waals surface area contributed by atoms with Gasteiger partial charge in [0.15, 0.2) is 5.84 Å². The van der Waals surface area contributed by atoms with E-state index in [0.29, 0.717) is 0 Å². The maximum absolute atomic E-state index is 10.9. The number of aliphatic imine (C=N–C) groups is 1. The fourth-order valence-electron chi connectivity index (χ4n) is 0.784. The van der Waals surface area contributed by atoms with E-state index in [0.717, 1.165) is 6.92 Å². The number of carbonyl (C=O) groups excluding carboxylic acids is 2. The van der Waals surface area contributed by atoms with Crippen LogP contribution in [-0.2, 0) is 9.59 Å². The second-order valence-electron chi connectivity index (χ2n) is 2.47. The topological polar surface area (TPSA) is 121 Å².